The molecule has 0 aliphatic heterocycles. The van der Waals surface area contributed by atoms with Crippen molar-refractivity contribution in [3.05, 3.63) is 52.5 Å². The van der Waals surface area contributed by atoms with E-state index in [1.807, 2.05) is 35.9 Å². The molecular formula is C22H29N5O3. The van der Waals surface area contributed by atoms with Gasteiger partial charge in [-0.1, -0.05) is 6.07 Å². The standard InChI is InChI=1S/C22H29N5O3/c1-14-23-11-12-27(14)18-9-8-17(21(18)29)24(2)20(28)10-6-15-5-7-16-19(13-15)26(4)22(30)25(16)3/h5,7,11-13,17-18,21,29H,6,8-10H2,1-4H3/t17-,18-,21-/m1/s1. The largest absolute Gasteiger partial charge is 0.389 e. The van der Waals surface area contributed by atoms with E-state index >= 15 is 0 Å². The molecule has 1 saturated carbocycles. The molecule has 0 spiro atoms. The van der Waals surface area contributed by atoms with Gasteiger partial charge in [-0.25, -0.2) is 9.78 Å². The van der Waals surface area contributed by atoms with Gasteiger partial charge in [0.1, 0.15) is 5.82 Å². The maximum atomic E-state index is 12.8. The summed E-state index contributed by atoms with van der Waals surface area (Å²) in [4.78, 5) is 30.9. The molecule has 1 aliphatic rings. The number of nitrogens with zero attached hydrogens (tertiary/aromatic N) is 5. The second kappa shape index (κ2) is 7.75. The Bertz CT molecular complexity index is 1140. The Kier molecular flexibility index (Phi) is 5.27. The summed E-state index contributed by atoms with van der Waals surface area (Å²) in [5.74, 6) is 0.892. The van der Waals surface area contributed by atoms with Crippen LogP contribution in [0.3, 0.4) is 0 Å². The zero-order valence-electron chi connectivity index (χ0n) is 17.9. The third-order valence-electron chi connectivity index (χ3n) is 6.62. The van der Waals surface area contributed by atoms with Crippen LogP contribution >= 0.6 is 0 Å². The molecular weight excluding hydrogens is 382 g/mol. The first-order valence-corrected chi connectivity index (χ1v) is 10.4. The lowest BCUT2D eigenvalue weighted by molar-refractivity contribution is -0.133. The second-order valence-electron chi connectivity index (χ2n) is 8.31. The van der Waals surface area contributed by atoms with Crippen LogP contribution < -0.4 is 5.69 Å². The van der Waals surface area contributed by atoms with Gasteiger partial charge < -0.3 is 14.6 Å². The number of carbonyl (C=O) groups is 1. The van der Waals surface area contributed by atoms with Crippen molar-refractivity contribution in [1.29, 1.82) is 0 Å². The SMILES string of the molecule is Cc1nccn1[C@@H]1CC[C@@H](N(C)C(=O)CCc2ccc3c(c2)n(C)c(=O)n3C)[C@H]1O. The molecule has 1 aromatic carbocycles. The summed E-state index contributed by atoms with van der Waals surface area (Å²) >= 11 is 0. The third-order valence-corrected chi connectivity index (χ3v) is 6.62. The number of carbonyl (C=O) groups excluding carboxylic acids is 1. The van der Waals surface area contributed by atoms with E-state index < -0.39 is 6.10 Å². The van der Waals surface area contributed by atoms with E-state index in [-0.39, 0.29) is 23.7 Å². The number of hydrogen-bond donors (Lipinski definition) is 1. The first kappa shape index (κ1) is 20.4. The maximum Gasteiger partial charge on any atom is 0.328 e. The Hall–Kier alpha value is -2.87. The lowest BCUT2D eigenvalue weighted by atomic mass is 10.1. The number of rotatable bonds is 5. The summed E-state index contributed by atoms with van der Waals surface area (Å²) in [6.45, 7) is 1.92. The number of aliphatic hydroxyl groups is 1. The van der Waals surface area contributed by atoms with Crippen LogP contribution in [0.1, 0.15) is 36.7 Å². The molecule has 1 aliphatic carbocycles. The number of fused-ring (bicyclic) bond motifs is 1. The topological polar surface area (TPSA) is 85.3 Å². The highest BCUT2D eigenvalue weighted by Gasteiger charge is 2.39. The Balaban J connectivity index is 1.42. The minimum absolute atomic E-state index is 0.0177. The molecule has 0 unspecified atom stereocenters. The van der Waals surface area contributed by atoms with Crippen LogP contribution in [0.25, 0.3) is 11.0 Å². The monoisotopic (exact) mass is 411 g/mol. The molecule has 3 aromatic rings. The number of aliphatic hydroxyl groups excluding tert-OH is 1. The fourth-order valence-electron chi connectivity index (χ4n) is 4.72. The predicted octanol–water partition coefficient (Wildman–Crippen LogP) is 1.54. The molecule has 30 heavy (non-hydrogen) atoms. The maximum absolute atomic E-state index is 12.8. The van der Waals surface area contributed by atoms with Crippen molar-refractivity contribution < 1.29 is 9.90 Å². The number of likely N-dealkylation sites (N-methyl/N-ethyl adjacent to an activating group) is 1. The number of amides is 1. The zero-order chi connectivity index (χ0) is 21.6. The smallest absolute Gasteiger partial charge is 0.328 e. The van der Waals surface area contributed by atoms with Crippen LogP contribution in [0, 0.1) is 6.92 Å². The number of imidazole rings is 2. The van der Waals surface area contributed by atoms with E-state index in [0.717, 1.165) is 35.3 Å². The molecule has 160 valence electrons. The minimum Gasteiger partial charge on any atom is -0.389 e. The fourth-order valence-corrected chi connectivity index (χ4v) is 4.72. The van der Waals surface area contributed by atoms with Gasteiger partial charge in [0.05, 0.1) is 29.2 Å². The highest BCUT2D eigenvalue weighted by atomic mass is 16.3. The van der Waals surface area contributed by atoms with Crippen LogP contribution in [0.5, 0.6) is 0 Å². The molecule has 4 rings (SSSR count). The highest BCUT2D eigenvalue weighted by Crippen LogP contribution is 2.34. The van der Waals surface area contributed by atoms with Gasteiger partial charge in [-0.3, -0.25) is 13.9 Å². The van der Waals surface area contributed by atoms with Crippen molar-refractivity contribution in [2.24, 2.45) is 14.1 Å². The van der Waals surface area contributed by atoms with Gasteiger partial charge >= 0.3 is 5.69 Å². The number of benzene rings is 1. The van der Waals surface area contributed by atoms with Crippen molar-refractivity contribution in [1.82, 2.24) is 23.6 Å². The van der Waals surface area contributed by atoms with Gasteiger partial charge in [-0.2, -0.15) is 0 Å². The van der Waals surface area contributed by atoms with Crippen molar-refractivity contribution in [2.75, 3.05) is 7.05 Å². The molecule has 8 heteroatoms. The quantitative estimate of drug-likeness (QED) is 0.690. The van der Waals surface area contributed by atoms with Crippen LogP contribution in [0.4, 0.5) is 0 Å². The van der Waals surface area contributed by atoms with Gasteiger partial charge in [0.25, 0.3) is 0 Å². The van der Waals surface area contributed by atoms with Crippen molar-refractivity contribution in [3.8, 4) is 0 Å². The molecule has 0 saturated heterocycles. The molecule has 1 N–H and O–H groups in total. The summed E-state index contributed by atoms with van der Waals surface area (Å²) < 4.78 is 5.25. The summed E-state index contributed by atoms with van der Waals surface area (Å²) in [6, 6.07) is 5.64. The lowest BCUT2D eigenvalue weighted by Gasteiger charge is -2.29. The molecule has 3 atom stereocenters. The summed E-state index contributed by atoms with van der Waals surface area (Å²) in [5, 5.41) is 10.8. The summed E-state index contributed by atoms with van der Waals surface area (Å²) in [5.41, 5.74) is 2.70. The molecule has 2 heterocycles. The van der Waals surface area contributed by atoms with Crippen LogP contribution in [-0.4, -0.2) is 53.8 Å². The van der Waals surface area contributed by atoms with Gasteiger partial charge in [0.15, 0.2) is 0 Å². The molecule has 1 fully saturated rings. The number of aryl methyl sites for hydroxylation is 4. The summed E-state index contributed by atoms with van der Waals surface area (Å²) in [7, 11) is 5.30. The molecule has 0 bridgehead atoms. The molecule has 0 radical (unpaired) electrons. The number of aromatic nitrogens is 4. The first-order valence-electron chi connectivity index (χ1n) is 10.4. The van der Waals surface area contributed by atoms with E-state index in [0.29, 0.717) is 12.8 Å². The Morgan fingerprint density at radius 2 is 1.97 bits per heavy atom. The lowest BCUT2D eigenvalue weighted by Crippen LogP contribution is -2.43. The van der Waals surface area contributed by atoms with E-state index in [1.54, 1.807) is 41.4 Å². The second-order valence-corrected chi connectivity index (χ2v) is 8.31. The van der Waals surface area contributed by atoms with Crippen molar-refractivity contribution in [3.63, 3.8) is 0 Å². The summed E-state index contributed by atoms with van der Waals surface area (Å²) in [6.07, 6.45) is 5.56. The Labute approximate surface area is 175 Å². The predicted molar refractivity (Wildman–Crippen MR) is 114 cm³/mol. The average molecular weight is 412 g/mol. The zero-order valence-corrected chi connectivity index (χ0v) is 17.9. The van der Waals surface area contributed by atoms with E-state index in [2.05, 4.69) is 4.98 Å². The fraction of sp³-hybridized carbons (Fsp3) is 0.500. The van der Waals surface area contributed by atoms with E-state index in [9.17, 15) is 14.7 Å². The Morgan fingerprint density at radius 1 is 1.23 bits per heavy atom. The normalized spacial score (nSPS) is 21.4. The van der Waals surface area contributed by atoms with E-state index in [4.69, 9.17) is 0 Å². The average Bonchev–Trinajstić information content (AvgIpc) is 3.39. The minimum atomic E-state index is -0.609. The van der Waals surface area contributed by atoms with Crippen LogP contribution in [0.2, 0.25) is 0 Å². The van der Waals surface area contributed by atoms with Gasteiger partial charge in [0, 0.05) is 40.0 Å². The van der Waals surface area contributed by atoms with Crippen molar-refractivity contribution >= 4 is 16.9 Å². The van der Waals surface area contributed by atoms with Gasteiger partial charge in [0.2, 0.25) is 5.91 Å². The van der Waals surface area contributed by atoms with Crippen LogP contribution in [-0.2, 0) is 25.3 Å². The van der Waals surface area contributed by atoms with Gasteiger partial charge in [-0.15, -0.1) is 0 Å². The van der Waals surface area contributed by atoms with Crippen LogP contribution in [0.15, 0.2) is 35.4 Å². The number of hydrogen-bond acceptors (Lipinski definition) is 4. The molecule has 8 nitrogen and oxygen atoms in total. The molecule has 1 amide bonds. The third kappa shape index (κ3) is 3.35. The van der Waals surface area contributed by atoms with E-state index in [1.165, 1.54) is 0 Å². The van der Waals surface area contributed by atoms with Gasteiger partial charge in [-0.05, 0) is 43.9 Å². The Morgan fingerprint density at radius 3 is 2.67 bits per heavy atom. The molecule has 2 aromatic heterocycles. The first-order chi connectivity index (χ1) is 14.3. The highest BCUT2D eigenvalue weighted by molar-refractivity contribution is 5.78. The van der Waals surface area contributed by atoms with Crippen molar-refractivity contribution in [2.45, 2.75) is 50.8 Å².